The predicted molar refractivity (Wildman–Crippen MR) is 71.6 cm³/mol. The van der Waals surface area contributed by atoms with Gasteiger partial charge in [0, 0.05) is 6.61 Å². The molecule has 4 nitrogen and oxygen atoms in total. The maximum atomic E-state index is 5.62. The van der Waals surface area contributed by atoms with Crippen molar-refractivity contribution in [2.24, 2.45) is 0 Å². The van der Waals surface area contributed by atoms with Gasteiger partial charge >= 0.3 is 0 Å². The van der Waals surface area contributed by atoms with Gasteiger partial charge in [0.2, 0.25) is 0 Å². The smallest absolute Gasteiger partial charge is 0.145 e. The van der Waals surface area contributed by atoms with Crippen molar-refractivity contribution < 1.29 is 4.74 Å². The van der Waals surface area contributed by atoms with E-state index in [1.54, 1.807) is 6.20 Å². The molecule has 2 heterocycles. The van der Waals surface area contributed by atoms with Crippen molar-refractivity contribution in [3.8, 4) is 0 Å². The molecular weight excluding hydrogens is 226 g/mol. The summed E-state index contributed by atoms with van der Waals surface area (Å²) in [6.45, 7) is 5.06. The Morgan fingerprint density at radius 3 is 2.83 bits per heavy atom. The third kappa shape index (κ3) is 1.93. The molecule has 2 atom stereocenters. The van der Waals surface area contributed by atoms with Gasteiger partial charge in [-0.3, -0.25) is 4.98 Å². The molecule has 1 saturated heterocycles. The molecule has 1 N–H and O–H groups in total. The van der Waals surface area contributed by atoms with E-state index in [-0.39, 0.29) is 11.6 Å². The Hall–Kier alpha value is -1.68. The van der Waals surface area contributed by atoms with E-state index in [0.717, 1.165) is 29.9 Å². The average Bonchev–Trinajstić information content (AvgIpc) is 2.69. The van der Waals surface area contributed by atoms with Gasteiger partial charge in [-0.25, -0.2) is 4.98 Å². The Morgan fingerprint density at radius 1 is 1.33 bits per heavy atom. The Kier molecular flexibility index (Phi) is 2.67. The lowest BCUT2D eigenvalue weighted by Crippen LogP contribution is -2.41. The van der Waals surface area contributed by atoms with Crippen molar-refractivity contribution in [2.75, 3.05) is 11.9 Å². The zero-order valence-electron chi connectivity index (χ0n) is 10.7. The van der Waals surface area contributed by atoms with Gasteiger partial charge in [-0.2, -0.15) is 0 Å². The standard InChI is InChI=1S/C14H17N3O/c1-10-14(2,7-8-18-10)17-13-9-15-11-5-3-4-6-12(11)16-13/h3-6,9-10H,7-8H2,1-2H3,(H,16,17). The van der Waals surface area contributed by atoms with Crippen molar-refractivity contribution in [1.29, 1.82) is 0 Å². The van der Waals surface area contributed by atoms with Crippen LogP contribution in [0.5, 0.6) is 0 Å². The van der Waals surface area contributed by atoms with Crippen molar-refractivity contribution >= 4 is 16.9 Å². The van der Waals surface area contributed by atoms with Crippen LogP contribution in [0.4, 0.5) is 5.82 Å². The van der Waals surface area contributed by atoms with Crippen LogP contribution in [-0.4, -0.2) is 28.2 Å². The van der Waals surface area contributed by atoms with Crippen molar-refractivity contribution in [2.45, 2.75) is 31.9 Å². The van der Waals surface area contributed by atoms with Gasteiger partial charge in [-0.1, -0.05) is 12.1 Å². The summed E-state index contributed by atoms with van der Waals surface area (Å²) in [6.07, 6.45) is 2.96. The first kappa shape index (κ1) is 11.4. The third-order valence-electron chi connectivity index (χ3n) is 3.75. The fourth-order valence-electron chi connectivity index (χ4n) is 2.31. The topological polar surface area (TPSA) is 47.0 Å². The molecule has 0 amide bonds. The Labute approximate surface area is 106 Å². The van der Waals surface area contributed by atoms with Gasteiger partial charge in [0.25, 0.3) is 0 Å². The minimum Gasteiger partial charge on any atom is -0.376 e. The number of ether oxygens (including phenoxy) is 1. The number of benzene rings is 1. The van der Waals surface area contributed by atoms with Crippen LogP contribution in [0.25, 0.3) is 11.0 Å². The lowest BCUT2D eigenvalue weighted by Gasteiger charge is -2.29. The molecular formula is C14H17N3O. The Bertz CT molecular complexity index is 572. The number of anilines is 1. The quantitative estimate of drug-likeness (QED) is 0.880. The third-order valence-corrected chi connectivity index (χ3v) is 3.75. The van der Waals surface area contributed by atoms with E-state index in [9.17, 15) is 0 Å². The average molecular weight is 243 g/mol. The second kappa shape index (κ2) is 4.21. The molecule has 0 aliphatic carbocycles. The number of nitrogens with zero attached hydrogens (tertiary/aromatic N) is 2. The first-order valence-corrected chi connectivity index (χ1v) is 6.29. The fraction of sp³-hybridized carbons (Fsp3) is 0.429. The lowest BCUT2D eigenvalue weighted by molar-refractivity contribution is 0.105. The van der Waals surface area contributed by atoms with Crippen LogP contribution in [0.3, 0.4) is 0 Å². The highest BCUT2D eigenvalue weighted by Crippen LogP contribution is 2.29. The number of nitrogens with one attached hydrogen (secondary N) is 1. The summed E-state index contributed by atoms with van der Waals surface area (Å²) in [4.78, 5) is 9.00. The summed E-state index contributed by atoms with van der Waals surface area (Å²) < 4.78 is 5.62. The first-order chi connectivity index (χ1) is 8.67. The molecule has 1 aliphatic rings. The van der Waals surface area contributed by atoms with Gasteiger partial charge in [0.1, 0.15) is 5.82 Å². The van der Waals surface area contributed by atoms with E-state index in [0.29, 0.717) is 0 Å². The van der Waals surface area contributed by atoms with Crippen LogP contribution in [-0.2, 0) is 4.74 Å². The number of hydrogen-bond acceptors (Lipinski definition) is 4. The maximum absolute atomic E-state index is 5.62. The van der Waals surface area contributed by atoms with Gasteiger partial charge < -0.3 is 10.1 Å². The van der Waals surface area contributed by atoms with E-state index >= 15 is 0 Å². The van der Waals surface area contributed by atoms with Crippen molar-refractivity contribution in [1.82, 2.24) is 9.97 Å². The number of hydrogen-bond donors (Lipinski definition) is 1. The lowest BCUT2D eigenvalue weighted by atomic mass is 9.95. The van der Waals surface area contributed by atoms with E-state index in [2.05, 4.69) is 29.1 Å². The van der Waals surface area contributed by atoms with Crippen LogP contribution in [0, 0.1) is 0 Å². The molecule has 1 aliphatic heterocycles. The zero-order valence-corrected chi connectivity index (χ0v) is 10.7. The van der Waals surface area contributed by atoms with E-state index in [4.69, 9.17) is 4.74 Å². The molecule has 0 spiro atoms. The summed E-state index contributed by atoms with van der Waals surface area (Å²) in [6, 6.07) is 7.89. The van der Waals surface area contributed by atoms with Crippen LogP contribution in [0.1, 0.15) is 20.3 Å². The van der Waals surface area contributed by atoms with Gasteiger partial charge in [-0.05, 0) is 32.4 Å². The number of fused-ring (bicyclic) bond motifs is 1. The Morgan fingerprint density at radius 2 is 2.11 bits per heavy atom. The predicted octanol–water partition coefficient (Wildman–Crippen LogP) is 2.61. The number of rotatable bonds is 2. The van der Waals surface area contributed by atoms with E-state index in [1.165, 1.54) is 0 Å². The molecule has 4 heteroatoms. The molecule has 94 valence electrons. The summed E-state index contributed by atoms with van der Waals surface area (Å²) in [7, 11) is 0. The highest BCUT2D eigenvalue weighted by Gasteiger charge is 2.37. The molecule has 1 aromatic heterocycles. The molecule has 0 bridgehead atoms. The Balaban J connectivity index is 1.91. The monoisotopic (exact) mass is 243 g/mol. The molecule has 2 aromatic rings. The highest BCUT2D eigenvalue weighted by molar-refractivity contribution is 5.75. The second-order valence-corrected chi connectivity index (χ2v) is 5.05. The van der Waals surface area contributed by atoms with Crippen LogP contribution >= 0.6 is 0 Å². The number of aromatic nitrogens is 2. The highest BCUT2D eigenvalue weighted by atomic mass is 16.5. The van der Waals surface area contributed by atoms with Crippen LogP contribution in [0.2, 0.25) is 0 Å². The first-order valence-electron chi connectivity index (χ1n) is 6.29. The van der Waals surface area contributed by atoms with E-state index in [1.807, 2.05) is 24.3 Å². The van der Waals surface area contributed by atoms with Gasteiger partial charge in [0.15, 0.2) is 0 Å². The molecule has 0 saturated carbocycles. The summed E-state index contributed by atoms with van der Waals surface area (Å²) in [5, 5.41) is 3.46. The maximum Gasteiger partial charge on any atom is 0.145 e. The fourth-order valence-corrected chi connectivity index (χ4v) is 2.31. The molecule has 0 radical (unpaired) electrons. The molecule has 3 rings (SSSR count). The van der Waals surface area contributed by atoms with Crippen molar-refractivity contribution in [3.05, 3.63) is 30.5 Å². The second-order valence-electron chi connectivity index (χ2n) is 5.05. The minimum absolute atomic E-state index is 0.0584. The summed E-state index contributed by atoms with van der Waals surface area (Å²) in [5.74, 6) is 0.813. The van der Waals surface area contributed by atoms with Gasteiger partial charge in [0.05, 0.1) is 28.9 Å². The normalized spacial score (nSPS) is 27.6. The van der Waals surface area contributed by atoms with Crippen LogP contribution < -0.4 is 5.32 Å². The SMILES string of the molecule is CC1OCCC1(C)Nc1cnc2ccccc2n1. The molecule has 2 unspecified atom stereocenters. The van der Waals surface area contributed by atoms with E-state index < -0.39 is 0 Å². The molecule has 1 fully saturated rings. The zero-order chi connectivity index (χ0) is 12.6. The summed E-state index contributed by atoms with van der Waals surface area (Å²) >= 11 is 0. The van der Waals surface area contributed by atoms with Gasteiger partial charge in [-0.15, -0.1) is 0 Å². The largest absolute Gasteiger partial charge is 0.376 e. The van der Waals surface area contributed by atoms with Crippen LogP contribution in [0.15, 0.2) is 30.5 Å². The van der Waals surface area contributed by atoms with Crippen molar-refractivity contribution in [3.63, 3.8) is 0 Å². The molecule has 1 aromatic carbocycles. The number of para-hydroxylation sites is 2. The molecule has 18 heavy (non-hydrogen) atoms. The summed E-state index contributed by atoms with van der Waals surface area (Å²) in [5.41, 5.74) is 1.78. The minimum atomic E-state index is -0.0584.